The van der Waals surface area contributed by atoms with E-state index in [0.29, 0.717) is 29.8 Å². The van der Waals surface area contributed by atoms with Crippen molar-refractivity contribution in [2.45, 2.75) is 45.3 Å². The molecular weight excluding hydrogens is 337 g/mol. The second-order valence-corrected chi connectivity index (χ2v) is 6.84. The van der Waals surface area contributed by atoms with Crippen LogP contribution in [-0.2, 0) is 13.0 Å². The molecule has 2 nitrogen and oxygen atoms in total. The summed E-state index contributed by atoms with van der Waals surface area (Å²) in [5.74, 6) is -0.336. The zero-order chi connectivity index (χ0) is 18.3. The van der Waals surface area contributed by atoms with Crippen LogP contribution in [0.15, 0.2) is 48.5 Å². The number of likely N-dealkylation sites (tertiary alicyclic amines) is 1. The number of halogens is 2. The molecule has 0 radical (unpaired) electrons. The Morgan fingerprint density at radius 2 is 1.72 bits per heavy atom. The van der Waals surface area contributed by atoms with Crippen molar-refractivity contribution < 1.29 is 9.50 Å². The monoisotopic (exact) mass is 363 g/mol. The molecule has 4 heteroatoms. The van der Waals surface area contributed by atoms with Gasteiger partial charge < -0.3 is 5.11 Å². The molecule has 1 saturated heterocycles. The number of aliphatic hydroxyl groups is 1. The van der Waals surface area contributed by atoms with Crippen molar-refractivity contribution >= 4 is 11.6 Å². The minimum atomic E-state index is -0.831. The van der Waals surface area contributed by atoms with Gasteiger partial charge in [-0.1, -0.05) is 61.8 Å². The van der Waals surface area contributed by atoms with Gasteiger partial charge in [-0.15, -0.1) is 0 Å². The van der Waals surface area contributed by atoms with Gasteiger partial charge in [-0.05, 0) is 36.1 Å². The van der Waals surface area contributed by atoms with Gasteiger partial charge in [0.2, 0.25) is 0 Å². The molecule has 1 heterocycles. The molecule has 25 heavy (non-hydrogen) atoms. The Hall–Kier alpha value is -1.42. The molecule has 1 fully saturated rings. The van der Waals surface area contributed by atoms with Crippen LogP contribution in [-0.4, -0.2) is 28.7 Å². The molecule has 1 aliphatic rings. The summed E-state index contributed by atoms with van der Waals surface area (Å²) in [7, 11) is 0. The number of rotatable bonds is 4. The maximum absolute atomic E-state index is 13.9. The lowest BCUT2D eigenvalue weighted by Crippen LogP contribution is -2.45. The molecule has 2 aromatic carbocycles. The molecule has 3 rings (SSSR count). The lowest BCUT2D eigenvalue weighted by atomic mass is 9.85. The number of piperidine rings is 1. The molecule has 0 spiro atoms. The summed E-state index contributed by atoms with van der Waals surface area (Å²) < 4.78 is 13.9. The smallest absolute Gasteiger partial charge is 0.127 e. The van der Waals surface area contributed by atoms with Gasteiger partial charge in [0.1, 0.15) is 5.82 Å². The molecule has 136 valence electrons. The molecule has 0 aliphatic carbocycles. The summed E-state index contributed by atoms with van der Waals surface area (Å²) >= 11 is 5.78. The number of benzene rings is 2. The van der Waals surface area contributed by atoms with E-state index < -0.39 is 5.60 Å². The first-order valence-corrected chi connectivity index (χ1v) is 9.34. The zero-order valence-corrected chi connectivity index (χ0v) is 15.8. The topological polar surface area (TPSA) is 23.5 Å². The average Bonchev–Trinajstić information content (AvgIpc) is 2.62. The van der Waals surface area contributed by atoms with Crippen LogP contribution in [0.25, 0.3) is 0 Å². The molecule has 0 bridgehead atoms. The fraction of sp³-hybridized carbons (Fsp3) is 0.429. The van der Waals surface area contributed by atoms with Crippen molar-refractivity contribution in [2.75, 3.05) is 13.1 Å². The van der Waals surface area contributed by atoms with Gasteiger partial charge in [-0.3, -0.25) is 4.90 Å². The largest absolute Gasteiger partial charge is 0.389 e. The van der Waals surface area contributed by atoms with Crippen LogP contribution in [0.2, 0.25) is 5.02 Å². The summed E-state index contributed by atoms with van der Waals surface area (Å²) in [6, 6.07) is 15.0. The first-order chi connectivity index (χ1) is 12.0. The fourth-order valence-corrected chi connectivity index (χ4v) is 3.32. The summed E-state index contributed by atoms with van der Waals surface area (Å²) in [6.07, 6.45) is 1.65. The summed E-state index contributed by atoms with van der Waals surface area (Å²) in [5.41, 5.74) is 0.983. The van der Waals surface area contributed by atoms with Crippen LogP contribution in [0.4, 0.5) is 4.39 Å². The average molecular weight is 364 g/mol. The Labute approximate surface area is 155 Å². The van der Waals surface area contributed by atoms with E-state index in [1.54, 1.807) is 12.1 Å². The van der Waals surface area contributed by atoms with Crippen LogP contribution in [0.1, 0.15) is 37.8 Å². The predicted octanol–water partition coefficient (Wildman–Crippen LogP) is 5.07. The number of nitrogens with zero attached hydrogens (tertiary/aromatic N) is 1. The molecule has 0 unspecified atom stereocenters. The Balaban J connectivity index is 0.00000109. The number of hydrogen-bond acceptors (Lipinski definition) is 2. The van der Waals surface area contributed by atoms with Gasteiger partial charge in [0.15, 0.2) is 0 Å². The maximum atomic E-state index is 13.9. The second-order valence-electron chi connectivity index (χ2n) is 6.40. The van der Waals surface area contributed by atoms with E-state index in [4.69, 9.17) is 11.6 Å². The van der Waals surface area contributed by atoms with E-state index in [1.807, 2.05) is 32.0 Å². The van der Waals surface area contributed by atoms with E-state index in [2.05, 4.69) is 17.0 Å². The molecule has 0 atom stereocenters. The molecule has 2 aromatic rings. The molecule has 0 saturated carbocycles. The van der Waals surface area contributed by atoms with E-state index in [1.165, 1.54) is 11.6 Å². The lowest BCUT2D eigenvalue weighted by molar-refractivity contribution is -0.0230. The molecule has 0 amide bonds. The second kappa shape index (κ2) is 9.33. The highest BCUT2D eigenvalue weighted by Crippen LogP contribution is 2.28. The third kappa shape index (κ3) is 5.81. The van der Waals surface area contributed by atoms with E-state index in [-0.39, 0.29) is 5.82 Å². The first kappa shape index (κ1) is 19.9. The molecule has 1 N–H and O–H groups in total. The van der Waals surface area contributed by atoms with Crippen LogP contribution < -0.4 is 0 Å². The first-order valence-electron chi connectivity index (χ1n) is 8.97. The SMILES string of the molecule is CC.OC1(Cc2ccc(Cl)cc2F)CCN(Cc2ccccc2)CC1. The van der Waals surface area contributed by atoms with Crippen LogP contribution in [0.3, 0.4) is 0 Å². The highest BCUT2D eigenvalue weighted by molar-refractivity contribution is 6.30. The van der Waals surface area contributed by atoms with Crippen molar-refractivity contribution in [3.05, 3.63) is 70.5 Å². The van der Waals surface area contributed by atoms with Crippen molar-refractivity contribution in [2.24, 2.45) is 0 Å². The van der Waals surface area contributed by atoms with Crippen molar-refractivity contribution in [3.8, 4) is 0 Å². The van der Waals surface area contributed by atoms with Crippen LogP contribution in [0, 0.1) is 5.82 Å². The Kier molecular flexibility index (Phi) is 7.42. The number of hydrogen-bond donors (Lipinski definition) is 1. The summed E-state index contributed by atoms with van der Waals surface area (Å²) in [4.78, 5) is 2.34. The normalized spacial score (nSPS) is 16.8. The van der Waals surface area contributed by atoms with Gasteiger partial charge >= 0.3 is 0 Å². The van der Waals surface area contributed by atoms with E-state index in [9.17, 15) is 9.50 Å². The third-order valence-electron chi connectivity index (χ3n) is 4.57. The fourth-order valence-electron chi connectivity index (χ4n) is 3.17. The molecule has 0 aromatic heterocycles. The van der Waals surface area contributed by atoms with Crippen LogP contribution in [0.5, 0.6) is 0 Å². The Morgan fingerprint density at radius 3 is 2.32 bits per heavy atom. The third-order valence-corrected chi connectivity index (χ3v) is 4.81. The Morgan fingerprint density at radius 1 is 1.08 bits per heavy atom. The van der Waals surface area contributed by atoms with E-state index >= 15 is 0 Å². The van der Waals surface area contributed by atoms with E-state index in [0.717, 1.165) is 19.6 Å². The highest BCUT2D eigenvalue weighted by atomic mass is 35.5. The predicted molar refractivity (Wildman–Crippen MR) is 102 cm³/mol. The summed E-state index contributed by atoms with van der Waals surface area (Å²) in [6.45, 7) is 6.54. The Bertz CT molecular complexity index is 654. The van der Waals surface area contributed by atoms with Gasteiger partial charge in [-0.25, -0.2) is 4.39 Å². The molecule has 1 aliphatic heterocycles. The minimum absolute atomic E-state index is 0.336. The maximum Gasteiger partial charge on any atom is 0.127 e. The van der Waals surface area contributed by atoms with Crippen molar-refractivity contribution in [3.63, 3.8) is 0 Å². The van der Waals surface area contributed by atoms with Crippen molar-refractivity contribution in [1.82, 2.24) is 4.90 Å². The van der Waals surface area contributed by atoms with Crippen LogP contribution >= 0.6 is 11.6 Å². The zero-order valence-electron chi connectivity index (χ0n) is 15.0. The summed E-state index contributed by atoms with van der Waals surface area (Å²) in [5, 5.41) is 11.2. The minimum Gasteiger partial charge on any atom is -0.389 e. The van der Waals surface area contributed by atoms with Gasteiger partial charge in [0.05, 0.1) is 5.60 Å². The van der Waals surface area contributed by atoms with Gasteiger partial charge in [-0.2, -0.15) is 0 Å². The van der Waals surface area contributed by atoms with Gasteiger partial charge in [0.25, 0.3) is 0 Å². The standard InChI is InChI=1S/C19H21ClFNO.C2H6/c20-17-7-6-16(18(21)12-17)13-19(23)8-10-22(11-9-19)14-15-4-2-1-3-5-15;1-2/h1-7,12,23H,8-11,13-14H2;1-2H3. The molecular formula is C21H27ClFNO. The highest BCUT2D eigenvalue weighted by Gasteiger charge is 2.33. The quantitative estimate of drug-likeness (QED) is 0.819. The lowest BCUT2D eigenvalue weighted by Gasteiger charge is -2.38. The van der Waals surface area contributed by atoms with Gasteiger partial charge in [0, 0.05) is 31.1 Å². The van der Waals surface area contributed by atoms with Crippen molar-refractivity contribution in [1.29, 1.82) is 0 Å².